The monoisotopic (exact) mass is 259 g/mol. The fourth-order valence-corrected chi connectivity index (χ4v) is 2.60. The van der Waals surface area contributed by atoms with Gasteiger partial charge in [0.15, 0.2) is 0 Å². The predicted octanol–water partition coefficient (Wildman–Crippen LogP) is 3.23. The van der Waals surface area contributed by atoms with Gasteiger partial charge in [0.1, 0.15) is 0 Å². The number of likely N-dealkylation sites (N-methyl/N-ethyl adjacent to an activating group) is 1. The van der Waals surface area contributed by atoms with Crippen LogP contribution in [0.1, 0.15) is 33.4 Å². The van der Waals surface area contributed by atoms with E-state index >= 15 is 0 Å². The lowest BCUT2D eigenvalue weighted by molar-refractivity contribution is 0.401. The molecule has 1 unspecified atom stereocenters. The van der Waals surface area contributed by atoms with Gasteiger partial charge in [-0.25, -0.2) is 0 Å². The summed E-state index contributed by atoms with van der Waals surface area (Å²) in [6, 6.07) is 9.03. The minimum absolute atomic E-state index is 0.494. The van der Waals surface area contributed by atoms with E-state index in [0.29, 0.717) is 12.0 Å². The van der Waals surface area contributed by atoms with E-state index in [2.05, 4.69) is 62.0 Å². The minimum atomic E-state index is 0.494. The lowest BCUT2D eigenvalue weighted by Crippen LogP contribution is -2.35. The first-order valence-corrected chi connectivity index (χ1v) is 7.35. The highest BCUT2D eigenvalue weighted by Gasteiger charge is 2.17. The first-order valence-electron chi connectivity index (χ1n) is 7.35. The molecule has 3 nitrogen and oxygen atoms in total. The minimum Gasteiger partial charge on any atom is -0.314 e. The Morgan fingerprint density at radius 3 is 2.58 bits per heavy atom. The second-order valence-corrected chi connectivity index (χ2v) is 5.39. The van der Waals surface area contributed by atoms with Crippen LogP contribution in [-0.2, 0) is 13.0 Å². The largest absolute Gasteiger partial charge is 0.314 e. The van der Waals surface area contributed by atoms with Crippen LogP contribution in [-0.4, -0.2) is 22.4 Å². The normalized spacial score (nSPS) is 13.3. The van der Waals surface area contributed by atoms with Gasteiger partial charge in [0.05, 0.1) is 11.2 Å². The summed E-state index contributed by atoms with van der Waals surface area (Å²) in [5, 5.41) is 9.66. The molecule has 1 heterocycles. The van der Waals surface area contributed by atoms with E-state index in [0.717, 1.165) is 19.5 Å². The van der Waals surface area contributed by atoms with E-state index in [1.165, 1.54) is 16.6 Å². The maximum absolute atomic E-state index is 4.79. The van der Waals surface area contributed by atoms with Gasteiger partial charge in [-0.2, -0.15) is 5.10 Å². The number of rotatable bonds is 6. The van der Waals surface area contributed by atoms with Crippen molar-refractivity contribution in [2.24, 2.45) is 5.92 Å². The van der Waals surface area contributed by atoms with E-state index in [1.54, 1.807) is 0 Å². The van der Waals surface area contributed by atoms with Gasteiger partial charge in [-0.05, 0) is 25.5 Å². The van der Waals surface area contributed by atoms with E-state index in [9.17, 15) is 0 Å². The number of fused-ring (bicyclic) bond motifs is 1. The van der Waals surface area contributed by atoms with Gasteiger partial charge in [-0.15, -0.1) is 0 Å². The van der Waals surface area contributed by atoms with E-state index in [4.69, 9.17) is 5.10 Å². The van der Waals surface area contributed by atoms with Gasteiger partial charge in [-0.1, -0.05) is 39.0 Å². The molecule has 2 rings (SSSR count). The van der Waals surface area contributed by atoms with Crippen molar-refractivity contribution in [3.8, 4) is 0 Å². The van der Waals surface area contributed by atoms with Crippen molar-refractivity contribution < 1.29 is 0 Å². The molecule has 0 saturated carbocycles. The number of hydrogen-bond donors (Lipinski definition) is 1. The second kappa shape index (κ2) is 6.20. The van der Waals surface area contributed by atoms with Crippen LogP contribution in [0.5, 0.6) is 0 Å². The molecule has 2 aromatic rings. The zero-order chi connectivity index (χ0) is 13.8. The predicted molar refractivity (Wildman–Crippen MR) is 81.4 cm³/mol. The summed E-state index contributed by atoms with van der Waals surface area (Å²) >= 11 is 0. The van der Waals surface area contributed by atoms with Gasteiger partial charge in [-0.3, -0.25) is 4.68 Å². The van der Waals surface area contributed by atoms with Crippen LogP contribution in [0.3, 0.4) is 0 Å². The first-order chi connectivity index (χ1) is 9.17. The quantitative estimate of drug-likeness (QED) is 0.863. The molecule has 104 valence electrons. The van der Waals surface area contributed by atoms with Gasteiger partial charge >= 0.3 is 0 Å². The number of benzene rings is 1. The van der Waals surface area contributed by atoms with Crippen LogP contribution in [0.15, 0.2) is 24.3 Å². The maximum Gasteiger partial charge on any atom is 0.0718 e. The molecule has 0 spiro atoms. The summed E-state index contributed by atoms with van der Waals surface area (Å²) in [4.78, 5) is 0. The Morgan fingerprint density at radius 2 is 1.95 bits per heavy atom. The molecule has 1 aromatic carbocycles. The lowest BCUT2D eigenvalue weighted by Gasteiger charge is -2.20. The highest BCUT2D eigenvalue weighted by atomic mass is 15.3. The number of hydrogen-bond acceptors (Lipinski definition) is 2. The van der Waals surface area contributed by atoms with Gasteiger partial charge < -0.3 is 5.32 Å². The van der Waals surface area contributed by atoms with Crippen molar-refractivity contribution >= 4 is 10.9 Å². The van der Waals surface area contributed by atoms with Crippen LogP contribution in [0.25, 0.3) is 10.9 Å². The molecule has 0 aliphatic rings. The summed E-state index contributed by atoms with van der Waals surface area (Å²) in [7, 11) is 0. The first kappa shape index (κ1) is 14.1. The summed E-state index contributed by atoms with van der Waals surface area (Å²) in [6.07, 6.45) is 0.999. The summed E-state index contributed by atoms with van der Waals surface area (Å²) in [5.41, 5.74) is 2.47. The molecule has 3 heteroatoms. The SMILES string of the molecule is CCNC(Cc1nn(CC)c2ccccc12)C(C)C. The fourth-order valence-electron chi connectivity index (χ4n) is 2.60. The number of aromatic nitrogens is 2. The maximum atomic E-state index is 4.79. The van der Waals surface area contributed by atoms with Crippen molar-refractivity contribution in [3.05, 3.63) is 30.0 Å². The number of para-hydroxylation sites is 1. The Morgan fingerprint density at radius 1 is 1.21 bits per heavy atom. The van der Waals surface area contributed by atoms with E-state index in [-0.39, 0.29) is 0 Å². The number of aryl methyl sites for hydroxylation is 1. The molecule has 1 atom stereocenters. The molecule has 0 aliphatic heterocycles. The third-order valence-electron chi connectivity index (χ3n) is 3.72. The van der Waals surface area contributed by atoms with Crippen molar-refractivity contribution in [1.82, 2.24) is 15.1 Å². The van der Waals surface area contributed by atoms with E-state index in [1.807, 2.05) is 0 Å². The Hall–Kier alpha value is -1.35. The van der Waals surface area contributed by atoms with Crippen molar-refractivity contribution in [2.75, 3.05) is 6.54 Å². The van der Waals surface area contributed by atoms with Gasteiger partial charge in [0.25, 0.3) is 0 Å². The Balaban J connectivity index is 2.34. The zero-order valence-corrected chi connectivity index (χ0v) is 12.5. The molecule has 0 fully saturated rings. The number of nitrogens with zero attached hydrogens (tertiary/aromatic N) is 2. The van der Waals surface area contributed by atoms with Crippen LogP contribution in [0.2, 0.25) is 0 Å². The average Bonchev–Trinajstić information content (AvgIpc) is 2.76. The second-order valence-electron chi connectivity index (χ2n) is 5.39. The molecule has 0 amide bonds. The zero-order valence-electron chi connectivity index (χ0n) is 12.5. The van der Waals surface area contributed by atoms with Gasteiger partial charge in [0.2, 0.25) is 0 Å². The summed E-state index contributed by atoms with van der Waals surface area (Å²) in [5.74, 6) is 0.616. The molecule has 1 aromatic heterocycles. The van der Waals surface area contributed by atoms with Crippen molar-refractivity contribution in [1.29, 1.82) is 0 Å². The summed E-state index contributed by atoms with van der Waals surface area (Å²) < 4.78 is 2.11. The molecule has 1 N–H and O–H groups in total. The molecule has 0 radical (unpaired) electrons. The van der Waals surface area contributed by atoms with E-state index < -0.39 is 0 Å². The van der Waals surface area contributed by atoms with Crippen LogP contribution >= 0.6 is 0 Å². The van der Waals surface area contributed by atoms with Crippen LogP contribution < -0.4 is 5.32 Å². The molecular weight excluding hydrogens is 234 g/mol. The van der Waals surface area contributed by atoms with Crippen LogP contribution in [0.4, 0.5) is 0 Å². The lowest BCUT2D eigenvalue weighted by atomic mass is 9.98. The third kappa shape index (κ3) is 2.98. The molecule has 0 aliphatic carbocycles. The highest BCUT2D eigenvalue weighted by molar-refractivity contribution is 5.82. The van der Waals surface area contributed by atoms with Gasteiger partial charge in [0, 0.05) is 24.4 Å². The van der Waals surface area contributed by atoms with Crippen molar-refractivity contribution in [2.45, 2.75) is 46.7 Å². The average molecular weight is 259 g/mol. The Kier molecular flexibility index (Phi) is 4.59. The smallest absolute Gasteiger partial charge is 0.0718 e. The highest BCUT2D eigenvalue weighted by Crippen LogP contribution is 2.21. The Labute approximate surface area is 116 Å². The molecule has 0 saturated heterocycles. The Bertz CT molecular complexity index is 528. The topological polar surface area (TPSA) is 29.9 Å². The molecule has 19 heavy (non-hydrogen) atoms. The third-order valence-corrected chi connectivity index (χ3v) is 3.72. The molecule has 0 bridgehead atoms. The molecular formula is C16H25N3. The van der Waals surface area contributed by atoms with Crippen molar-refractivity contribution in [3.63, 3.8) is 0 Å². The summed E-state index contributed by atoms with van der Waals surface area (Å²) in [6.45, 7) is 10.8. The number of nitrogens with one attached hydrogen (secondary N) is 1. The fraction of sp³-hybridized carbons (Fsp3) is 0.562. The standard InChI is InChI=1S/C16H25N3/c1-5-17-14(12(3)4)11-15-13-9-7-8-10-16(13)19(6-2)18-15/h7-10,12,14,17H,5-6,11H2,1-4H3. The van der Waals surface area contributed by atoms with Crippen LogP contribution in [0, 0.1) is 5.92 Å².